The van der Waals surface area contributed by atoms with E-state index in [2.05, 4.69) is 28.3 Å². The molecule has 0 atom stereocenters. The van der Waals surface area contributed by atoms with Gasteiger partial charge in [-0.15, -0.1) is 0 Å². The van der Waals surface area contributed by atoms with Crippen molar-refractivity contribution in [2.75, 3.05) is 20.7 Å². The van der Waals surface area contributed by atoms with Crippen molar-refractivity contribution in [2.45, 2.75) is 20.0 Å². The van der Waals surface area contributed by atoms with E-state index in [0.717, 1.165) is 36.1 Å². The quantitative estimate of drug-likeness (QED) is 0.654. The molecule has 23 heavy (non-hydrogen) atoms. The minimum absolute atomic E-state index is 0.592. The predicted octanol–water partition coefficient (Wildman–Crippen LogP) is 2.03. The molecule has 0 aliphatic heterocycles. The van der Waals surface area contributed by atoms with Gasteiger partial charge in [0.1, 0.15) is 5.75 Å². The molecule has 0 aliphatic rings. The van der Waals surface area contributed by atoms with Crippen molar-refractivity contribution < 1.29 is 4.74 Å². The van der Waals surface area contributed by atoms with Gasteiger partial charge in [0.25, 0.3) is 0 Å². The Morgan fingerprint density at radius 2 is 2.13 bits per heavy atom. The second-order valence-electron chi connectivity index (χ2n) is 5.28. The van der Waals surface area contributed by atoms with Gasteiger partial charge in [0.15, 0.2) is 5.96 Å². The second-order valence-corrected chi connectivity index (χ2v) is 5.28. The Bertz CT molecular complexity index is 650. The molecule has 2 aromatic rings. The monoisotopic (exact) mass is 315 g/mol. The highest BCUT2D eigenvalue weighted by atomic mass is 16.5. The van der Waals surface area contributed by atoms with E-state index >= 15 is 0 Å². The molecule has 124 valence electrons. The van der Waals surface area contributed by atoms with Crippen LogP contribution < -0.4 is 10.1 Å². The molecule has 1 aromatic carbocycles. The van der Waals surface area contributed by atoms with E-state index < -0.39 is 0 Å². The van der Waals surface area contributed by atoms with E-state index in [1.54, 1.807) is 13.3 Å². The van der Waals surface area contributed by atoms with E-state index in [1.807, 2.05) is 43.0 Å². The molecule has 0 radical (unpaired) electrons. The van der Waals surface area contributed by atoms with Crippen molar-refractivity contribution in [1.29, 1.82) is 0 Å². The number of aryl methyl sites for hydroxylation is 1. The summed E-state index contributed by atoms with van der Waals surface area (Å²) >= 11 is 0. The number of nitrogens with zero attached hydrogens (tertiary/aromatic N) is 4. The number of aromatic nitrogens is 2. The third kappa shape index (κ3) is 4.48. The first-order chi connectivity index (χ1) is 11.2. The van der Waals surface area contributed by atoms with Crippen LogP contribution >= 0.6 is 0 Å². The van der Waals surface area contributed by atoms with Crippen molar-refractivity contribution in [3.63, 3.8) is 0 Å². The van der Waals surface area contributed by atoms with Gasteiger partial charge in [0.2, 0.25) is 0 Å². The fourth-order valence-electron chi connectivity index (χ4n) is 2.35. The third-order valence-electron chi connectivity index (χ3n) is 3.61. The Labute approximate surface area is 137 Å². The lowest BCUT2D eigenvalue weighted by Crippen LogP contribution is -2.38. The number of benzene rings is 1. The Morgan fingerprint density at radius 3 is 2.78 bits per heavy atom. The Kier molecular flexibility index (Phi) is 6.02. The molecule has 0 unspecified atom stereocenters. The maximum atomic E-state index is 5.42. The standard InChI is InChI=1S/C17H25N5O/c1-5-18-17(19-12-15-10-11-20-22(15)3)21(2)13-14-8-6-7-9-16(14)23-4/h6-11H,5,12-13H2,1-4H3,(H,18,19). The summed E-state index contributed by atoms with van der Waals surface area (Å²) in [4.78, 5) is 6.79. The zero-order chi connectivity index (χ0) is 16.7. The molecule has 0 bridgehead atoms. The highest BCUT2D eigenvalue weighted by molar-refractivity contribution is 5.79. The minimum Gasteiger partial charge on any atom is -0.496 e. The first kappa shape index (κ1) is 16.9. The average molecular weight is 315 g/mol. The fourth-order valence-corrected chi connectivity index (χ4v) is 2.35. The van der Waals surface area contributed by atoms with Gasteiger partial charge < -0.3 is 15.0 Å². The number of hydrogen-bond acceptors (Lipinski definition) is 3. The fraction of sp³-hybridized carbons (Fsp3) is 0.412. The third-order valence-corrected chi connectivity index (χ3v) is 3.61. The molecule has 6 nitrogen and oxygen atoms in total. The van der Waals surface area contributed by atoms with Crippen molar-refractivity contribution in [1.82, 2.24) is 20.0 Å². The van der Waals surface area contributed by atoms with Crippen molar-refractivity contribution in [3.8, 4) is 5.75 Å². The molecule has 0 fully saturated rings. The number of para-hydroxylation sites is 1. The van der Waals surface area contributed by atoms with E-state index in [1.165, 1.54) is 0 Å². The average Bonchev–Trinajstić information content (AvgIpc) is 2.97. The SMILES string of the molecule is CCNC(=NCc1ccnn1C)N(C)Cc1ccccc1OC. The number of methoxy groups -OCH3 is 1. The first-order valence-electron chi connectivity index (χ1n) is 7.74. The summed E-state index contributed by atoms with van der Waals surface area (Å²) in [6.07, 6.45) is 1.79. The molecule has 0 spiro atoms. The summed E-state index contributed by atoms with van der Waals surface area (Å²) < 4.78 is 7.26. The maximum absolute atomic E-state index is 5.42. The van der Waals surface area contributed by atoms with Crippen LogP contribution in [0.2, 0.25) is 0 Å². The molecule has 1 N–H and O–H groups in total. The Balaban J connectivity index is 2.11. The van der Waals surface area contributed by atoms with E-state index in [0.29, 0.717) is 6.54 Å². The molecule has 6 heteroatoms. The van der Waals surface area contributed by atoms with Crippen LogP contribution in [0.3, 0.4) is 0 Å². The minimum atomic E-state index is 0.592. The van der Waals surface area contributed by atoms with Crippen LogP contribution in [-0.2, 0) is 20.1 Å². The smallest absolute Gasteiger partial charge is 0.194 e. The van der Waals surface area contributed by atoms with Crippen LogP contribution in [0.1, 0.15) is 18.2 Å². The van der Waals surface area contributed by atoms with E-state index in [9.17, 15) is 0 Å². The van der Waals surface area contributed by atoms with Crippen molar-refractivity contribution >= 4 is 5.96 Å². The maximum Gasteiger partial charge on any atom is 0.194 e. The van der Waals surface area contributed by atoms with E-state index in [-0.39, 0.29) is 0 Å². The van der Waals surface area contributed by atoms with Gasteiger partial charge in [-0.25, -0.2) is 4.99 Å². The number of ether oxygens (including phenoxy) is 1. The number of hydrogen-bond donors (Lipinski definition) is 1. The summed E-state index contributed by atoms with van der Waals surface area (Å²) in [5.74, 6) is 1.75. The number of aliphatic imine (C=N–C) groups is 1. The topological polar surface area (TPSA) is 54.7 Å². The largest absolute Gasteiger partial charge is 0.496 e. The number of rotatable bonds is 6. The lowest BCUT2D eigenvalue weighted by Gasteiger charge is -2.23. The van der Waals surface area contributed by atoms with Crippen molar-refractivity contribution in [3.05, 3.63) is 47.8 Å². The summed E-state index contributed by atoms with van der Waals surface area (Å²) in [5, 5.41) is 7.50. The number of guanidine groups is 1. The lowest BCUT2D eigenvalue weighted by molar-refractivity contribution is 0.396. The molecule has 1 aromatic heterocycles. The lowest BCUT2D eigenvalue weighted by atomic mass is 10.2. The highest BCUT2D eigenvalue weighted by Gasteiger charge is 2.10. The van der Waals surface area contributed by atoms with Gasteiger partial charge in [0, 0.05) is 38.9 Å². The second kappa shape index (κ2) is 8.22. The summed E-state index contributed by atoms with van der Waals surface area (Å²) in [5.41, 5.74) is 2.20. The number of nitrogens with one attached hydrogen (secondary N) is 1. The Hall–Kier alpha value is -2.50. The van der Waals surface area contributed by atoms with Crippen LogP contribution in [-0.4, -0.2) is 41.3 Å². The highest BCUT2D eigenvalue weighted by Crippen LogP contribution is 2.18. The van der Waals surface area contributed by atoms with Crippen LogP contribution in [0, 0.1) is 0 Å². The van der Waals surface area contributed by atoms with Crippen LogP contribution in [0.15, 0.2) is 41.5 Å². The molecule has 0 saturated carbocycles. The van der Waals surface area contributed by atoms with Gasteiger partial charge in [-0.3, -0.25) is 4.68 Å². The van der Waals surface area contributed by atoms with Gasteiger partial charge in [-0.05, 0) is 19.1 Å². The zero-order valence-electron chi connectivity index (χ0n) is 14.3. The summed E-state index contributed by atoms with van der Waals surface area (Å²) in [7, 11) is 5.65. The van der Waals surface area contributed by atoms with Crippen LogP contribution in [0.25, 0.3) is 0 Å². The molecular formula is C17H25N5O. The van der Waals surface area contributed by atoms with Gasteiger partial charge in [-0.2, -0.15) is 5.10 Å². The zero-order valence-corrected chi connectivity index (χ0v) is 14.3. The van der Waals surface area contributed by atoms with Crippen LogP contribution in [0.4, 0.5) is 0 Å². The van der Waals surface area contributed by atoms with Gasteiger partial charge >= 0.3 is 0 Å². The van der Waals surface area contributed by atoms with Crippen LogP contribution in [0.5, 0.6) is 5.75 Å². The molecule has 0 amide bonds. The molecule has 2 rings (SSSR count). The van der Waals surface area contributed by atoms with E-state index in [4.69, 9.17) is 9.73 Å². The molecule has 0 saturated heterocycles. The summed E-state index contributed by atoms with van der Waals surface area (Å²) in [6, 6.07) is 10.0. The van der Waals surface area contributed by atoms with Gasteiger partial charge in [-0.1, -0.05) is 18.2 Å². The molecule has 0 aliphatic carbocycles. The molecular weight excluding hydrogens is 290 g/mol. The Morgan fingerprint density at radius 1 is 1.35 bits per heavy atom. The first-order valence-corrected chi connectivity index (χ1v) is 7.74. The normalized spacial score (nSPS) is 11.4. The van der Waals surface area contributed by atoms with Gasteiger partial charge in [0.05, 0.1) is 19.3 Å². The molecule has 1 heterocycles. The summed E-state index contributed by atoms with van der Waals surface area (Å²) in [6.45, 7) is 4.20. The van der Waals surface area contributed by atoms with Crippen molar-refractivity contribution in [2.24, 2.45) is 12.0 Å². The predicted molar refractivity (Wildman–Crippen MR) is 92.5 cm³/mol.